The van der Waals surface area contributed by atoms with E-state index in [9.17, 15) is 4.79 Å². The maximum absolute atomic E-state index is 10.2. The highest BCUT2D eigenvalue weighted by Crippen LogP contribution is 2.15. The fraction of sp³-hybridized carbons (Fsp3) is 0.364. The van der Waals surface area contributed by atoms with Crippen molar-refractivity contribution in [3.8, 4) is 0 Å². The average Bonchev–Trinajstić information content (AvgIpc) is 2.17. The monoisotopic (exact) mass is 194 g/mol. The molecular formula is C11H14OS. The lowest BCUT2D eigenvalue weighted by molar-refractivity contribution is -0.107. The van der Waals surface area contributed by atoms with Crippen molar-refractivity contribution in [1.29, 1.82) is 0 Å². The second kappa shape index (κ2) is 5.81. The van der Waals surface area contributed by atoms with Crippen molar-refractivity contribution in [2.75, 3.05) is 6.26 Å². The number of carbonyl (C=O) groups is 1. The zero-order chi connectivity index (χ0) is 9.52. The van der Waals surface area contributed by atoms with Crippen molar-refractivity contribution in [3.05, 3.63) is 35.4 Å². The quantitative estimate of drug-likeness (QED) is 0.670. The lowest BCUT2D eigenvalue weighted by atomic mass is 10.0. The minimum atomic E-state index is 0.630. The third kappa shape index (κ3) is 3.23. The maximum atomic E-state index is 10.2. The molecule has 0 spiro atoms. The Bertz CT molecular complexity index is 271. The van der Waals surface area contributed by atoms with Gasteiger partial charge >= 0.3 is 0 Å². The van der Waals surface area contributed by atoms with Crippen molar-refractivity contribution in [2.24, 2.45) is 0 Å². The van der Waals surface area contributed by atoms with Crippen molar-refractivity contribution in [1.82, 2.24) is 0 Å². The van der Waals surface area contributed by atoms with E-state index in [1.807, 2.05) is 17.8 Å². The Balaban J connectivity index is 2.71. The Labute approximate surface area is 83.5 Å². The smallest absolute Gasteiger partial charge is 0.120 e. The first kappa shape index (κ1) is 10.3. The van der Waals surface area contributed by atoms with Crippen molar-refractivity contribution >= 4 is 18.0 Å². The van der Waals surface area contributed by atoms with Crippen LogP contribution < -0.4 is 0 Å². The SMILES string of the molecule is CSCc1ccccc1CCC=O. The molecule has 1 aromatic rings. The number of aldehydes is 1. The number of carbonyl (C=O) groups excluding carboxylic acids is 1. The second-order valence-electron chi connectivity index (χ2n) is 2.91. The fourth-order valence-electron chi connectivity index (χ4n) is 1.31. The summed E-state index contributed by atoms with van der Waals surface area (Å²) < 4.78 is 0. The molecular weight excluding hydrogens is 180 g/mol. The van der Waals surface area contributed by atoms with Gasteiger partial charge in [-0.25, -0.2) is 0 Å². The maximum Gasteiger partial charge on any atom is 0.120 e. The third-order valence-electron chi connectivity index (χ3n) is 1.95. The first-order valence-electron chi connectivity index (χ1n) is 4.38. The van der Waals surface area contributed by atoms with Crippen LogP contribution in [0.4, 0.5) is 0 Å². The van der Waals surface area contributed by atoms with E-state index in [1.165, 1.54) is 11.1 Å². The molecule has 70 valence electrons. The number of hydrogen-bond donors (Lipinski definition) is 0. The molecule has 0 atom stereocenters. The van der Waals surface area contributed by atoms with Gasteiger partial charge in [-0.15, -0.1) is 0 Å². The summed E-state index contributed by atoms with van der Waals surface area (Å²) in [6, 6.07) is 8.33. The van der Waals surface area contributed by atoms with Crippen molar-refractivity contribution in [2.45, 2.75) is 18.6 Å². The van der Waals surface area contributed by atoms with Gasteiger partial charge in [-0.1, -0.05) is 24.3 Å². The normalized spacial score (nSPS) is 9.92. The Hall–Kier alpha value is -0.760. The number of rotatable bonds is 5. The number of thioether (sulfide) groups is 1. The summed E-state index contributed by atoms with van der Waals surface area (Å²) >= 11 is 1.81. The highest BCUT2D eigenvalue weighted by Gasteiger charge is 1.99. The van der Waals surface area contributed by atoms with Crippen LogP contribution in [0.3, 0.4) is 0 Å². The van der Waals surface area contributed by atoms with Gasteiger partial charge in [-0.2, -0.15) is 11.8 Å². The molecule has 0 aromatic heterocycles. The second-order valence-corrected chi connectivity index (χ2v) is 3.77. The van der Waals surface area contributed by atoms with Crippen LogP contribution in [0.2, 0.25) is 0 Å². The van der Waals surface area contributed by atoms with Gasteiger partial charge < -0.3 is 4.79 Å². The van der Waals surface area contributed by atoms with Gasteiger partial charge in [0.2, 0.25) is 0 Å². The van der Waals surface area contributed by atoms with Gasteiger partial charge in [0.25, 0.3) is 0 Å². The summed E-state index contributed by atoms with van der Waals surface area (Å²) in [6.07, 6.45) is 4.58. The van der Waals surface area contributed by atoms with E-state index >= 15 is 0 Å². The lowest BCUT2D eigenvalue weighted by Gasteiger charge is -2.05. The molecule has 0 radical (unpaired) electrons. The van der Waals surface area contributed by atoms with Crippen LogP contribution in [0.1, 0.15) is 17.5 Å². The van der Waals surface area contributed by atoms with E-state index < -0.39 is 0 Å². The van der Waals surface area contributed by atoms with Gasteiger partial charge in [-0.3, -0.25) is 0 Å². The van der Waals surface area contributed by atoms with Gasteiger partial charge in [0.1, 0.15) is 6.29 Å². The molecule has 0 unspecified atom stereocenters. The molecule has 0 aliphatic heterocycles. The molecule has 0 aliphatic carbocycles. The lowest BCUT2D eigenvalue weighted by Crippen LogP contribution is -1.92. The van der Waals surface area contributed by atoms with Crippen molar-refractivity contribution in [3.63, 3.8) is 0 Å². The van der Waals surface area contributed by atoms with Crippen LogP contribution in [0, 0.1) is 0 Å². The van der Waals surface area contributed by atoms with Crippen LogP contribution in [0.25, 0.3) is 0 Å². The molecule has 0 saturated heterocycles. The fourth-order valence-corrected chi connectivity index (χ4v) is 1.90. The van der Waals surface area contributed by atoms with E-state index in [4.69, 9.17) is 0 Å². The van der Waals surface area contributed by atoms with E-state index in [-0.39, 0.29) is 0 Å². The number of aryl methyl sites for hydroxylation is 1. The summed E-state index contributed by atoms with van der Waals surface area (Å²) in [5, 5.41) is 0. The first-order valence-corrected chi connectivity index (χ1v) is 5.77. The summed E-state index contributed by atoms with van der Waals surface area (Å²) in [7, 11) is 0. The Morgan fingerprint density at radius 2 is 2.00 bits per heavy atom. The van der Waals surface area contributed by atoms with Gasteiger partial charge in [0.05, 0.1) is 0 Å². The van der Waals surface area contributed by atoms with Crippen LogP contribution in [-0.2, 0) is 17.0 Å². The van der Waals surface area contributed by atoms with Gasteiger partial charge in [0, 0.05) is 12.2 Å². The van der Waals surface area contributed by atoms with Gasteiger partial charge in [0.15, 0.2) is 0 Å². The third-order valence-corrected chi connectivity index (χ3v) is 2.55. The minimum Gasteiger partial charge on any atom is -0.303 e. The zero-order valence-electron chi connectivity index (χ0n) is 7.82. The minimum absolute atomic E-state index is 0.630. The molecule has 0 amide bonds. The molecule has 0 fully saturated rings. The predicted octanol–water partition coefficient (Wildman–Crippen LogP) is 2.68. The highest BCUT2D eigenvalue weighted by atomic mass is 32.2. The molecule has 13 heavy (non-hydrogen) atoms. The molecule has 1 nitrogen and oxygen atoms in total. The molecule has 0 N–H and O–H groups in total. The summed E-state index contributed by atoms with van der Waals surface area (Å²) in [5.41, 5.74) is 2.67. The summed E-state index contributed by atoms with van der Waals surface area (Å²) in [4.78, 5) is 10.2. The van der Waals surface area contributed by atoms with Crippen LogP contribution in [-0.4, -0.2) is 12.5 Å². The largest absolute Gasteiger partial charge is 0.303 e. The Kier molecular flexibility index (Phi) is 4.61. The number of hydrogen-bond acceptors (Lipinski definition) is 2. The Morgan fingerprint density at radius 3 is 2.62 bits per heavy atom. The van der Waals surface area contributed by atoms with E-state index in [0.717, 1.165) is 18.5 Å². The van der Waals surface area contributed by atoms with Gasteiger partial charge in [-0.05, 0) is 23.8 Å². The van der Waals surface area contributed by atoms with Crippen LogP contribution in [0.5, 0.6) is 0 Å². The van der Waals surface area contributed by atoms with E-state index in [0.29, 0.717) is 6.42 Å². The highest BCUT2D eigenvalue weighted by molar-refractivity contribution is 7.97. The summed E-state index contributed by atoms with van der Waals surface area (Å²) in [6.45, 7) is 0. The zero-order valence-corrected chi connectivity index (χ0v) is 8.64. The standard InChI is InChI=1S/C11H14OS/c1-13-9-11-6-3-2-5-10(11)7-4-8-12/h2-3,5-6,8H,4,7,9H2,1H3. The predicted molar refractivity (Wildman–Crippen MR) is 58.0 cm³/mol. The number of benzene rings is 1. The molecule has 0 bridgehead atoms. The van der Waals surface area contributed by atoms with E-state index in [2.05, 4.69) is 24.5 Å². The molecule has 0 heterocycles. The van der Waals surface area contributed by atoms with E-state index in [1.54, 1.807) is 0 Å². The van der Waals surface area contributed by atoms with Crippen LogP contribution in [0.15, 0.2) is 24.3 Å². The first-order chi connectivity index (χ1) is 6.38. The average molecular weight is 194 g/mol. The molecule has 0 aliphatic rings. The van der Waals surface area contributed by atoms with Crippen LogP contribution >= 0.6 is 11.8 Å². The summed E-state index contributed by atoms with van der Waals surface area (Å²) in [5.74, 6) is 1.04. The Morgan fingerprint density at radius 1 is 1.31 bits per heavy atom. The molecule has 0 saturated carbocycles. The molecule has 1 aromatic carbocycles. The topological polar surface area (TPSA) is 17.1 Å². The van der Waals surface area contributed by atoms with Crippen molar-refractivity contribution < 1.29 is 4.79 Å². The molecule has 2 heteroatoms. The molecule has 1 rings (SSSR count).